The predicted octanol–water partition coefficient (Wildman–Crippen LogP) is 4.20. The number of carbonyl (C=O) groups is 2. The molecular weight excluding hydrogens is 400 g/mol. The standard InChI is InChI=1S/C19H14N2O5S2/c1-3-25-18(24)14-9(2)13-16(27-14)21-19(28-13)20-15(22)11-8-10-6-4-5-7-12(10)26-17(11)23/h4-8H,3H2,1-2H3,(H,20,21,22). The number of carbonyl (C=O) groups excluding carboxylic acids is 2. The fraction of sp³-hybridized carbons (Fsp3) is 0.158. The summed E-state index contributed by atoms with van der Waals surface area (Å²) >= 11 is 2.45. The molecule has 9 heteroatoms. The smallest absolute Gasteiger partial charge is 0.349 e. The molecule has 0 aliphatic heterocycles. The Labute approximate surface area is 166 Å². The second-order valence-electron chi connectivity index (χ2n) is 5.87. The van der Waals surface area contributed by atoms with E-state index in [1.165, 1.54) is 28.7 Å². The van der Waals surface area contributed by atoms with Crippen LogP contribution in [0.1, 0.15) is 32.5 Å². The van der Waals surface area contributed by atoms with E-state index in [0.717, 1.165) is 10.3 Å². The van der Waals surface area contributed by atoms with Crippen LogP contribution in [0.15, 0.2) is 39.5 Å². The van der Waals surface area contributed by atoms with E-state index in [-0.39, 0.29) is 11.5 Å². The summed E-state index contributed by atoms with van der Waals surface area (Å²) in [6, 6.07) is 8.46. The molecular formula is C19H14N2O5S2. The van der Waals surface area contributed by atoms with Crippen LogP contribution in [-0.4, -0.2) is 23.5 Å². The van der Waals surface area contributed by atoms with Crippen molar-refractivity contribution in [3.8, 4) is 0 Å². The number of esters is 1. The van der Waals surface area contributed by atoms with Crippen molar-refractivity contribution < 1.29 is 18.7 Å². The summed E-state index contributed by atoms with van der Waals surface area (Å²) in [5.41, 5.74) is 0.374. The van der Waals surface area contributed by atoms with Crippen LogP contribution in [0.3, 0.4) is 0 Å². The molecule has 1 N–H and O–H groups in total. The lowest BCUT2D eigenvalue weighted by atomic mass is 10.2. The molecule has 3 heterocycles. The number of thiophene rings is 1. The van der Waals surface area contributed by atoms with E-state index >= 15 is 0 Å². The van der Waals surface area contributed by atoms with Crippen molar-refractivity contribution in [2.75, 3.05) is 11.9 Å². The minimum Gasteiger partial charge on any atom is -0.462 e. The molecule has 7 nitrogen and oxygen atoms in total. The maximum Gasteiger partial charge on any atom is 0.349 e. The third-order valence-electron chi connectivity index (χ3n) is 4.04. The number of anilines is 1. The topological polar surface area (TPSA) is 98.5 Å². The van der Waals surface area contributed by atoms with Crippen LogP contribution >= 0.6 is 22.7 Å². The summed E-state index contributed by atoms with van der Waals surface area (Å²) in [4.78, 5) is 42.1. The van der Waals surface area contributed by atoms with Gasteiger partial charge in [0.05, 0.1) is 11.3 Å². The van der Waals surface area contributed by atoms with Crippen LogP contribution in [0.2, 0.25) is 0 Å². The van der Waals surface area contributed by atoms with Crippen LogP contribution < -0.4 is 10.9 Å². The van der Waals surface area contributed by atoms with Gasteiger partial charge in [-0.3, -0.25) is 10.1 Å². The highest BCUT2D eigenvalue weighted by atomic mass is 32.1. The van der Waals surface area contributed by atoms with Gasteiger partial charge in [-0.05, 0) is 31.5 Å². The predicted molar refractivity (Wildman–Crippen MR) is 109 cm³/mol. The van der Waals surface area contributed by atoms with Crippen molar-refractivity contribution in [2.24, 2.45) is 0 Å². The lowest BCUT2D eigenvalue weighted by molar-refractivity contribution is 0.0531. The summed E-state index contributed by atoms with van der Waals surface area (Å²) in [6.07, 6.45) is 0. The normalized spacial score (nSPS) is 11.1. The first kappa shape index (κ1) is 18.3. The summed E-state index contributed by atoms with van der Waals surface area (Å²) in [5, 5.41) is 3.64. The SMILES string of the molecule is CCOC(=O)c1sc2nc(NC(=O)c3cc4ccccc4oc3=O)sc2c1C. The molecule has 0 fully saturated rings. The van der Waals surface area contributed by atoms with E-state index in [0.29, 0.717) is 32.4 Å². The molecule has 1 aromatic carbocycles. The number of nitrogens with one attached hydrogen (secondary N) is 1. The van der Waals surface area contributed by atoms with Crippen LogP contribution in [0.5, 0.6) is 0 Å². The van der Waals surface area contributed by atoms with Gasteiger partial charge in [0.25, 0.3) is 5.91 Å². The van der Waals surface area contributed by atoms with Crippen molar-refractivity contribution in [1.29, 1.82) is 0 Å². The van der Waals surface area contributed by atoms with Gasteiger partial charge in [-0.2, -0.15) is 0 Å². The lowest BCUT2D eigenvalue weighted by Gasteiger charge is -2.02. The van der Waals surface area contributed by atoms with Crippen LogP contribution in [0, 0.1) is 6.92 Å². The Balaban J connectivity index is 1.63. The molecule has 3 aromatic heterocycles. The Hall–Kier alpha value is -3.04. The molecule has 0 unspecified atom stereocenters. The number of thiazole rings is 1. The number of hydrogen-bond donors (Lipinski definition) is 1. The minimum atomic E-state index is -0.713. The van der Waals surface area contributed by atoms with Gasteiger partial charge in [0, 0.05) is 5.39 Å². The second-order valence-corrected chi connectivity index (χ2v) is 7.87. The van der Waals surface area contributed by atoms with Crippen molar-refractivity contribution >= 4 is 60.2 Å². The van der Waals surface area contributed by atoms with E-state index in [1.54, 1.807) is 31.2 Å². The fourth-order valence-electron chi connectivity index (χ4n) is 2.72. The number of aryl methyl sites for hydroxylation is 1. The Morgan fingerprint density at radius 2 is 2.04 bits per heavy atom. The lowest BCUT2D eigenvalue weighted by Crippen LogP contribution is -2.20. The fourth-order valence-corrected chi connectivity index (χ4v) is 4.93. The largest absolute Gasteiger partial charge is 0.462 e. The van der Waals surface area contributed by atoms with Gasteiger partial charge >= 0.3 is 11.6 Å². The summed E-state index contributed by atoms with van der Waals surface area (Å²) < 4.78 is 11.0. The molecule has 0 aliphatic carbocycles. The zero-order chi connectivity index (χ0) is 19.8. The molecule has 4 rings (SSSR count). The van der Waals surface area contributed by atoms with E-state index in [2.05, 4.69) is 10.3 Å². The molecule has 0 saturated heterocycles. The first-order valence-corrected chi connectivity index (χ1v) is 10.0. The molecule has 1 amide bonds. The van der Waals surface area contributed by atoms with Gasteiger partial charge in [-0.25, -0.2) is 14.6 Å². The third-order valence-corrected chi connectivity index (χ3v) is 6.43. The molecule has 0 saturated carbocycles. The average molecular weight is 414 g/mol. The summed E-state index contributed by atoms with van der Waals surface area (Å²) in [7, 11) is 0. The molecule has 4 aromatic rings. The first-order valence-electron chi connectivity index (χ1n) is 8.39. The second kappa shape index (κ2) is 7.17. The highest BCUT2D eigenvalue weighted by Crippen LogP contribution is 2.37. The number of benzene rings is 1. The first-order chi connectivity index (χ1) is 13.5. The Morgan fingerprint density at radius 1 is 1.25 bits per heavy atom. The molecule has 0 spiro atoms. The number of amides is 1. The maximum atomic E-state index is 12.5. The Bertz CT molecular complexity index is 1280. The quantitative estimate of drug-likeness (QED) is 0.397. The number of nitrogens with zero attached hydrogens (tertiary/aromatic N) is 1. The summed E-state index contributed by atoms with van der Waals surface area (Å²) in [6.45, 7) is 3.86. The number of fused-ring (bicyclic) bond motifs is 2. The van der Waals surface area contributed by atoms with Crippen LogP contribution in [0.25, 0.3) is 20.5 Å². The zero-order valence-corrected chi connectivity index (χ0v) is 16.5. The van der Waals surface area contributed by atoms with Gasteiger partial charge < -0.3 is 9.15 Å². The number of para-hydroxylation sites is 1. The molecule has 28 heavy (non-hydrogen) atoms. The van der Waals surface area contributed by atoms with Crippen molar-refractivity contribution in [3.05, 3.63) is 56.8 Å². The molecule has 0 radical (unpaired) electrons. The van der Waals surface area contributed by atoms with E-state index in [1.807, 2.05) is 6.92 Å². The average Bonchev–Trinajstić information content (AvgIpc) is 3.20. The van der Waals surface area contributed by atoms with Crippen LogP contribution in [0.4, 0.5) is 5.13 Å². The zero-order valence-electron chi connectivity index (χ0n) is 14.9. The molecule has 0 aliphatic rings. The highest BCUT2D eigenvalue weighted by molar-refractivity contribution is 7.30. The number of hydrogen-bond acceptors (Lipinski definition) is 8. The highest BCUT2D eigenvalue weighted by Gasteiger charge is 2.21. The Kier molecular flexibility index (Phi) is 4.70. The van der Waals surface area contributed by atoms with E-state index in [4.69, 9.17) is 9.15 Å². The monoisotopic (exact) mass is 414 g/mol. The maximum absolute atomic E-state index is 12.5. The van der Waals surface area contributed by atoms with Crippen molar-refractivity contribution in [1.82, 2.24) is 4.98 Å². The third kappa shape index (κ3) is 3.19. The van der Waals surface area contributed by atoms with Crippen molar-refractivity contribution in [3.63, 3.8) is 0 Å². The van der Waals surface area contributed by atoms with Crippen molar-refractivity contribution in [2.45, 2.75) is 13.8 Å². The van der Waals surface area contributed by atoms with Gasteiger partial charge in [-0.15, -0.1) is 11.3 Å². The van der Waals surface area contributed by atoms with Crippen LogP contribution in [-0.2, 0) is 4.74 Å². The number of ether oxygens (including phenoxy) is 1. The van der Waals surface area contributed by atoms with Gasteiger partial charge in [0.2, 0.25) is 0 Å². The Morgan fingerprint density at radius 3 is 2.79 bits per heavy atom. The van der Waals surface area contributed by atoms with Gasteiger partial charge in [0.15, 0.2) is 5.13 Å². The number of aromatic nitrogens is 1. The molecule has 142 valence electrons. The van der Waals surface area contributed by atoms with E-state index < -0.39 is 11.5 Å². The minimum absolute atomic E-state index is 0.0961. The van der Waals surface area contributed by atoms with E-state index in [9.17, 15) is 14.4 Å². The molecule has 0 atom stereocenters. The van der Waals surface area contributed by atoms with Gasteiger partial charge in [-0.1, -0.05) is 29.5 Å². The molecule has 0 bridgehead atoms. The summed E-state index contributed by atoms with van der Waals surface area (Å²) in [5.74, 6) is -0.973. The van der Waals surface area contributed by atoms with Gasteiger partial charge in [0.1, 0.15) is 20.9 Å². The number of rotatable bonds is 4.